The molecule has 0 aromatic heterocycles. The molecule has 0 saturated heterocycles. The second-order valence-electron chi connectivity index (χ2n) is 1.65. The van der Waals surface area contributed by atoms with Gasteiger partial charge in [-0.1, -0.05) is 0 Å². The summed E-state index contributed by atoms with van der Waals surface area (Å²) in [6.07, 6.45) is 3.16. The summed E-state index contributed by atoms with van der Waals surface area (Å²) in [5, 5.41) is 20.6. The van der Waals surface area contributed by atoms with Crippen LogP contribution in [0.4, 0.5) is 0 Å². The van der Waals surface area contributed by atoms with Crippen LogP contribution in [0.15, 0.2) is 9.81 Å². The SMILES string of the molecule is CSC(SC)=C(C(=O)[O-])C(=O)[O-].O.[K+].[K+]. The van der Waals surface area contributed by atoms with Gasteiger partial charge < -0.3 is 25.3 Å². The summed E-state index contributed by atoms with van der Waals surface area (Å²) in [5.74, 6) is -3.43. The molecule has 0 saturated carbocycles. The fourth-order valence-corrected chi connectivity index (χ4v) is 1.95. The van der Waals surface area contributed by atoms with Gasteiger partial charge in [0, 0.05) is 5.57 Å². The van der Waals surface area contributed by atoms with Gasteiger partial charge in [0.1, 0.15) is 0 Å². The van der Waals surface area contributed by atoms with Crippen molar-refractivity contribution in [1.29, 1.82) is 0 Å². The molecule has 5 nitrogen and oxygen atoms in total. The van der Waals surface area contributed by atoms with Gasteiger partial charge in [0.05, 0.1) is 16.2 Å². The van der Waals surface area contributed by atoms with Gasteiger partial charge in [0.2, 0.25) is 0 Å². The number of hydrogen-bond acceptors (Lipinski definition) is 6. The quantitative estimate of drug-likeness (QED) is 0.221. The van der Waals surface area contributed by atoms with E-state index in [9.17, 15) is 19.8 Å². The molecule has 0 radical (unpaired) electrons. The summed E-state index contributed by atoms with van der Waals surface area (Å²) in [6.45, 7) is 0. The van der Waals surface area contributed by atoms with Gasteiger partial charge in [0.25, 0.3) is 0 Å². The van der Waals surface area contributed by atoms with Crippen LogP contribution in [0.5, 0.6) is 0 Å². The molecule has 0 fully saturated rings. The second kappa shape index (κ2) is 14.7. The topological polar surface area (TPSA) is 112 Å². The van der Waals surface area contributed by atoms with Crippen molar-refractivity contribution in [2.75, 3.05) is 12.5 Å². The van der Waals surface area contributed by atoms with Crippen LogP contribution in [-0.2, 0) is 9.59 Å². The molecule has 0 aliphatic rings. The Balaban J connectivity index is -0.000000202. The van der Waals surface area contributed by atoms with Crippen molar-refractivity contribution in [2.24, 2.45) is 0 Å². The zero-order valence-corrected chi connectivity index (χ0v) is 16.8. The average molecular weight is 302 g/mol. The third-order valence-electron chi connectivity index (χ3n) is 0.983. The van der Waals surface area contributed by atoms with Crippen molar-refractivity contribution < 1.29 is 128 Å². The van der Waals surface area contributed by atoms with Crippen molar-refractivity contribution in [3.8, 4) is 0 Å². The predicted octanol–water partition coefficient (Wildman–Crippen LogP) is -8.39. The molecular formula is C6H8K2O5S2. The van der Waals surface area contributed by atoms with Gasteiger partial charge >= 0.3 is 103 Å². The largest absolute Gasteiger partial charge is 1.00 e. The Labute approximate surface area is 181 Å². The Kier molecular flexibility index (Phi) is 25.7. The fraction of sp³-hybridized carbons (Fsp3) is 0.333. The molecule has 0 heterocycles. The first-order valence-corrected chi connectivity index (χ1v) is 5.24. The predicted molar refractivity (Wildman–Crippen MR) is 47.7 cm³/mol. The molecule has 0 aliphatic carbocycles. The smallest absolute Gasteiger partial charge is 0.545 e. The first kappa shape index (κ1) is 26.2. The maximum atomic E-state index is 10.3. The Hall–Kier alpha value is 2.61. The normalized spacial score (nSPS) is 7.33. The van der Waals surface area contributed by atoms with E-state index in [1.54, 1.807) is 12.5 Å². The minimum atomic E-state index is -1.71. The van der Waals surface area contributed by atoms with Gasteiger partial charge in [-0.2, -0.15) is 0 Å². The van der Waals surface area contributed by atoms with Gasteiger partial charge in [-0.15, -0.1) is 23.5 Å². The molecular weight excluding hydrogens is 294 g/mol. The van der Waals surface area contributed by atoms with Crippen molar-refractivity contribution in [3.63, 3.8) is 0 Å². The van der Waals surface area contributed by atoms with E-state index in [-0.39, 0.29) is 112 Å². The molecule has 0 aliphatic heterocycles. The summed E-state index contributed by atoms with van der Waals surface area (Å²) < 4.78 is 0.176. The summed E-state index contributed by atoms with van der Waals surface area (Å²) in [7, 11) is 0. The number of carbonyl (C=O) groups excluding carboxylic acids is 2. The van der Waals surface area contributed by atoms with Crippen molar-refractivity contribution in [3.05, 3.63) is 9.81 Å². The molecule has 0 unspecified atom stereocenters. The van der Waals surface area contributed by atoms with Gasteiger partial charge in [-0.25, -0.2) is 0 Å². The molecule has 0 atom stereocenters. The summed E-state index contributed by atoms with van der Waals surface area (Å²) in [6, 6.07) is 0. The van der Waals surface area contributed by atoms with Crippen molar-refractivity contribution in [2.45, 2.75) is 0 Å². The minimum absolute atomic E-state index is 0. The number of aliphatic carboxylic acids is 2. The number of hydrogen-bond donors (Lipinski definition) is 0. The number of thioether (sulfide) groups is 2. The third-order valence-corrected chi connectivity index (χ3v) is 3.13. The molecule has 2 N–H and O–H groups in total. The van der Waals surface area contributed by atoms with Gasteiger partial charge in [-0.3, -0.25) is 0 Å². The van der Waals surface area contributed by atoms with Crippen LogP contribution in [-0.4, -0.2) is 29.9 Å². The van der Waals surface area contributed by atoms with E-state index in [0.29, 0.717) is 0 Å². The third kappa shape index (κ3) is 10.2. The summed E-state index contributed by atoms with van der Waals surface area (Å²) in [5.41, 5.74) is -0.782. The Morgan fingerprint density at radius 3 is 1.27 bits per heavy atom. The zero-order chi connectivity index (χ0) is 9.72. The molecule has 0 spiro atoms. The van der Waals surface area contributed by atoms with E-state index in [0.717, 1.165) is 23.5 Å². The number of rotatable bonds is 4. The van der Waals surface area contributed by atoms with E-state index in [2.05, 4.69) is 0 Å². The van der Waals surface area contributed by atoms with Crippen LogP contribution in [0.25, 0.3) is 0 Å². The molecule has 76 valence electrons. The zero-order valence-electron chi connectivity index (χ0n) is 8.95. The molecule has 0 aromatic rings. The average Bonchev–Trinajstić information content (AvgIpc) is 1.98. The van der Waals surface area contributed by atoms with E-state index < -0.39 is 17.5 Å². The first-order valence-electron chi connectivity index (χ1n) is 2.79. The molecule has 0 aromatic carbocycles. The Morgan fingerprint density at radius 2 is 1.20 bits per heavy atom. The summed E-state index contributed by atoms with van der Waals surface area (Å²) in [4.78, 5) is 20.6. The van der Waals surface area contributed by atoms with E-state index in [1.807, 2.05) is 0 Å². The molecule has 0 bridgehead atoms. The monoisotopic (exact) mass is 302 g/mol. The Morgan fingerprint density at radius 1 is 0.933 bits per heavy atom. The maximum absolute atomic E-state index is 10.3. The minimum Gasteiger partial charge on any atom is -0.545 e. The molecule has 15 heavy (non-hydrogen) atoms. The molecule has 9 heteroatoms. The first-order chi connectivity index (χ1) is 5.54. The van der Waals surface area contributed by atoms with Crippen molar-refractivity contribution in [1.82, 2.24) is 0 Å². The maximum Gasteiger partial charge on any atom is 1.00 e. The van der Waals surface area contributed by atoms with Crippen LogP contribution in [0.1, 0.15) is 0 Å². The number of carboxylic acid groups (broad SMARTS) is 2. The van der Waals surface area contributed by atoms with Crippen LogP contribution in [0.2, 0.25) is 0 Å². The van der Waals surface area contributed by atoms with Gasteiger partial charge in [-0.05, 0) is 12.5 Å². The van der Waals surface area contributed by atoms with Crippen LogP contribution >= 0.6 is 23.5 Å². The van der Waals surface area contributed by atoms with E-state index >= 15 is 0 Å². The van der Waals surface area contributed by atoms with E-state index in [1.165, 1.54) is 0 Å². The molecule has 0 rings (SSSR count). The van der Waals surface area contributed by atoms with Gasteiger partial charge in [0.15, 0.2) is 0 Å². The van der Waals surface area contributed by atoms with E-state index in [4.69, 9.17) is 0 Å². The number of carbonyl (C=O) groups is 2. The summed E-state index contributed by atoms with van der Waals surface area (Å²) >= 11 is 2.07. The van der Waals surface area contributed by atoms with Crippen molar-refractivity contribution >= 4 is 35.5 Å². The van der Waals surface area contributed by atoms with Crippen LogP contribution in [0, 0.1) is 0 Å². The fourth-order valence-electron chi connectivity index (χ4n) is 0.537. The molecule has 0 amide bonds. The standard InChI is InChI=1S/C6H8O4S2.2K.H2O/c1-11-6(12-2)3(4(7)8)5(9)10;;;/h1-2H3,(H,7,8)(H,9,10);;;1H2/q;2*+1;/p-2. The second-order valence-corrected chi connectivity index (χ2v) is 3.54. The Bertz CT molecular complexity index is 222. The van der Waals surface area contributed by atoms with Crippen LogP contribution < -0.4 is 113 Å². The number of carboxylic acids is 2. The van der Waals surface area contributed by atoms with Crippen LogP contribution in [0.3, 0.4) is 0 Å².